The summed E-state index contributed by atoms with van der Waals surface area (Å²) >= 11 is 5.95. The Kier molecular flexibility index (Phi) is 6.68. The first-order chi connectivity index (χ1) is 14.4. The van der Waals surface area contributed by atoms with Crippen molar-refractivity contribution >= 4 is 29.0 Å². The molecule has 0 fully saturated rings. The van der Waals surface area contributed by atoms with Gasteiger partial charge in [-0.25, -0.2) is 9.78 Å². The van der Waals surface area contributed by atoms with Gasteiger partial charge in [-0.15, -0.1) is 0 Å². The second-order valence-electron chi connectivity index (χ2n) is 6.74. The number of rotatable bonds is 7. The first kappa shape index (κ1) is 21.3. The van der Waals surface area contributed by atoms with Crippen LogP contribution in [0, 0.1) is 0 Å². The van der Waals surface area contributed by atoms with Gasteiger partial charge in [0, 0.05) is 18.3 Å². The van der Waals surface area contributed by atoms with Crippen molar-refractivity contribution < 1.29 is 4.79 Å². The third kappa shape index (κ3) is 4.60. The van der Waals surface area contributed by atoms with Crippen LogP contribution in [0.15, 0.2) is 58.3 Å². The van der Waals surface area contributed by atoms with Crippen LogP contribution in [0.4, 0.5) is 11.5 Å². The summed E-state index contributed by atoms with van der Waals surface area (Å²) in [6.07, 6.45) is 2.94. The number of nitrogen functional groups attached to an aromatic ring is 1. The number of pyridine rings is 1. The Morgan fingerprint density at radius 2 is 1.97 bits per heavy atom. The molecule has 3 aromatic rings. The lowest BCUT2D eigenvalue weighted by molar-refractivity contribution is 0.0984. The standard InChI is InChI=1S/C21H22ClN5O3/c1-2-3-11-26-18(23)17(19(28)25-21(26)30)27(13-14-7-5-4-6-8-14)20(29)15-9-10-24-16(22)12-15/h4-10,12H,2-3,11,13,23H2,1H3,(H,25,28,30). The number of unbranched alkanes of at least 4 members (excludes halogenated alkanes) is 1. The number of aromatic amines is 1. The average Bonchev–Trinajstić information content (AvgIpc) is 2.73. The molecule has 0 aliphatic heterocycles. The number of carbonyl (C=O) groups is 1. The Bertz CT molecular complexity index is 1160. The molecule has 0 aliphatic carbocycles. The van der Waals surface area contributed by atoms with Crippen molar-refractivity contribution in [3.63, 3.8) is 0 Å². The van der Waals surface area contributed by atoms with Crippen molar-refractivity contribution in [2.24, 2.45) is 0 Å². The van der Waals surface area contributed by atoms with E-state index in [-0.39, 0.29) is 28.8 Å². The molecular formula is C21H22ClN5O3. The molecule has 0 saturated heterocycles. The number of aromatic nitrogens is 3. The highest BCUT2D eigenvalue weighted by Crippen LogP contribution is 2.23. The zero-order chi connectivity index (χ0) is 21.7. The largest absolute Gasteiger partial charge is 0.383 e. The summed E-state index contributed by atoms with van der Waals surface area (Å²) in [5, 5.41) is 0.148. The summed E-state index contributed by atoms with van der Waals surface area (Å²) in [7, 11) is 0. The van der Waals surface area contributed by atoms with Gasteiger partial charge in [-0.1, -0.05) is 55.3 Å². The van der Waals surface area contributed by atoms with Crippen molar-refractivity contribution in [3.8, 4) is 0 Å². The maximum absolute atomic E-state index is 13.4. The van der Waals surface area contributed by atoms with Gasteiger partial charge >= 0.3 is 5.69 Å². The molecule has 9 heteroatoms. The van der Waals surface area contributed by atoms with Crippen molar-refractivity contribution in [2.45, 2.75) is 32.9 Å². The van der Waals surface area contributed by atoms with Gasteiger partial charge in [0.05, 0.1) is 6.54 Å². The zero-order valence-electron chi connectivity index (χ0n) is 16.5. The van der Waals surface area contributed by atoms with Crippen molar-refractivity contribution in [1.29, 1.82) is 0 Å². The number of nitrogens with zero attached hydrogens (tertiary/aromatic N) is 3. The van der Waals surface area contributed by atoms with Crippen LogP contribution < -0.4 is 21.9 Å². The summed E-state index contributed by atoms with van der Waals surface area (Å²) in [6, 6.07) is 12.1. The van der Waals surface area contributed by atoms with Crippen molar-refractivity contribution in [3.05, 3.63) is 85.8 Å². The van der Waals surface area contributed by atoms with Gasteiger partial charge in [-0.2, -0.15) is 0 Å². The maximum atomic E-state index is 13.4. The Balaban J connectivity index is 2.16. The monoisotopic (exact) mass is 427 g/mol. The number of hydrogen-bond donors (Lipinski definition) is 2. The number of nitrogens with one attached hydrogen (secondary N) is 1. The van der Waals surface area contributed by atoms with E-state index in [2.05, 4.69) is 9.97 Å². The number of benzene rings is 1. The number of H-pyrrole nitrogens is 1. The van der Waals surface area contributed by atoms with Crippen LogP contribution in [0.1, 0.15) is 35.7 Å². The molecule has 0 atom stereocenters. The van der Waals surface area contributed by atoms with E-state index in [1.54, 1.807) is 0 Å². The van der Waals surface area contributed by atoms with E-state index in [1.807, 2.05) is 37.3 Å². The molecule has 3 N–H and O–H groups in total. The smallest absolute Gasteiger partial charge is 0.330 e. The van der Waals surface area contributed by atoms with Crippen molar-refractivity contribution in [2.75, 3.05) is 10.6 Å². The number of halogens is 1. The van der Waals surface area contributed by atoms with Crippen molar-refractivity contribution in [1.82, 2.24) is 14.5 Å². The molecule has 156 valence electrons. The minimum Gasteiger partial charge on any atom is -0.383 e. The number of amides is 1. The number of hydrogen-bond acceptors (Lipinski definition) is 5. The molecule has 0 radical (unpaired) electrons. The summed E-state index contributed by atoms with van der Waals surface area (Å²) < 4.78 is 1.28. The lowest BCUT2D eigenvalue weighted by atomic mass is 10.1. The second-order valence-corrected chi connectivity index (χ2v) is 7.13. The fourth-order valence-electron chi connectivity index (χ4n) is 3.09. The Labute approximate surface area is 177 Å². The molecule has 2 heterocycles. The van der Waals surface area contributed by atoms with Gasteiger partial charge in [-0.05, 0) is 24.1 Å². The lowest BCUT2D eigenvalue weighted by Crippen LogP contribution is -2.41. The second kappa shape index (κ2) is 9.41. The zero-order valence-corrected chi connectivity index (χ0v) is 17.2. The van der Waals surface area contributed by atoms with E-state index in [0.29, 0.717) is 13.0 Å². The maximum Gasteiger partial charge on any atom is 0.330 e. The van der Waals surface area contributed by atoms with Crippen LogP contribution in [-0.2, 0) is 13.1 Å². The first-order valence-electron chi connectivity index (χ1n) is 9.52. The normalized spacial score (nSPS) is 10.7. The highest BCUT2D eigenvalue weighted by Gasteiger charge is 2.25. The average molecular weight is 428 g/mol. The van der Waals surface area contributed by atoms with Crippen LogP contribution in [-0.4, -0.2) is 20.4 Å². The fourth-order valence-corrected chi connectivity index (χ4v) is 3.26. The molecular weight excluding hydrogens is 406 g/mol. The summed E-state index contributed by atoms with van der Waals surface area (Å²) in [5.41, 5.74) is 5.86. The van der Waals surface area contributed by atoms with Crippen LogP contribution >= 0.6 is 11.6 Å². The highest BCUT2D eigenvalue weighted by molar-refractivity contribution is 6.29. The Morgan fingerprint density at radius 3 is 2.63 bits per heavy atom. The van der Waals surface area contributed by atoms with Gasteiger partial charge in [0.15, 0.2) is 5.69 Å². The molecule has 1 amide bonds. The lowest BCUT2D eigenvalue weighted by Gasteiger charge is -2.25. The van der Waals surface area contributed by atoms with Crippen LogP contribution in [0.2, 0.25) is 5.15 Å². The number of carbonyl (C=O) groups excluding carboxylic acids is 1. The molecule has 0 bridgehead atoms. The topological polar surface area (TPSA) is 114 Å². The van der Waals surface area contributed by atoms with E-state index in [9.17, 15) is 14.4 Å². The van der Waals surface area contributed by atoms with Gasteiger partial charge < -0.3 is 5.73 Å². The molecule has 8 nitrogen and oxygen atoms in total. The van der Waals surface area contributed by atoms with Crippen LogP contribution in [0.3, 0.4) is 0 Å². The molecule has 30 heavy (non-hydrogen) atoms. The summed E-state index contributed by atoms with van der Waals surface area (Å²) in [6.45, 7) is 2.39. The molecule has 2 aromatic heterocycles. The minimum absolute atomic E-state index is 0.0540. The van der Waals surface area contributed by atoms with Crippen LogP contribution in [0.5, 0.6) is 0 Å². The first-order valence-corrected chi connectivity index (χ1v) is 9.90. The third-order valence-corrected chi connectivity index (χ3v) is 4.83. The Morgan fingerprint density at radius 1 is 1.23 bits per heavy atom. The fraction of sp³-hybridized carbons (Fsp3) is 0.238. The minimum atomic E-state index is -0.727. The Hall–Kier alpha value is -3.39. The third-order valence-electron chi connectivity index (χ3n) is 4.62. The van der Waals surface area contributed by atoms with Crippen LogP contribution in [0.25, 0.3) is 0 Å². The molecule has 0 aliphatic rings. The molecule has 0 unspecified atom stereocenters. The van der Waals surface area contributed by atoms with Gasteiger partial charge in [0.2, 0.25) is 0 Å². The van der Waals surface area contributed by atoms with Gasteiger partial charge in [0.1, 0.15) is 11.0 Å². The molecule has 0 spiro atoms. The quantitative estimate of drug-likeness (QED) is 0.563. The van der Waals surface area contributed by atoms with Gasteiger partial charge in [0.25, 0.3) is 11.5 Å². The van der Waals surface area contributed by atoms with E-state index in [4.69, 9.17) is 17.3 Å². The summed E-state index contributed by atoms with van der Waals surface area (Å²) in [4.78, 5) is 45.8. The van der Waals surface area contributed by atoms with E-state index in [1.165, 1.54) is 27.8 Å². The predicted octanol–water partition coefficient (Wildman–Crippen LogP) is 2.81. The SMILES string of the molecule is CCCCn1c(N)c(N(Cc2ccccc2)C(=O)c2ccnc(Cl)c2)c(=O)[nH]c1=O. The number of anilines is 2. The highest BCUT2D eigenvalue weighted by atomic mass is 35.5. The molecule has 1 aromatic carbocycles. The van der Waals surface area contributed by atoms with E-state index < -0.39 is 17.2 Å². The van der Waals surface area contributed by atoms with E-state index >= 15 is 0 Å². The van der Waals surface area contributed by atoms with E-state index in [0.717, 1.165) is 12.0 Å². The number of nitrogens with two attached hydrogens (primary N) is 1. The predicted molar refractivity (Wildman–Crippen MR) is 117 cm³/mol. The summed E-state index contributed by atoms with van der Waals surface area (Å²) in [5.74, 6) is -0.539. The molecule has 3 rings (SSSR count). The molecule has 0 saturated carbocycles. The van der Waals surface area contributed by atoms with Gasteiger partial charge in [-0.3, -0.25) is 24.0 Å².